The van der Waals surface area contributed by atoms with E-state index in [0.29, 0.717) is 5.69 Å². The molecule has 2 N–H and O–H groups in total. The van der Waals surface area contributed by atoms with Crippen LogP contribution in [0.3, 0.4) is 0 Å². The molecular formula is C15H15ClFN3. The highest BCUT2D eigenvalue weighted by Crippen LogP contribution is 2.40. The molecular weight excluding hydrogens is 277 g/mol. The lowest BCUT2D eigenvalue weighted by molar-refractivity contribution is 0.629. The normalized spacial score (nSPS) is 14.3. The quantitative estimate of drug-likeness (QED) is 0.814. The number of hydrogen-bond acceptors (Lipinski definition) is 3. The van der Waals surface area contributed by atoms with E-state index in [4.69, 9.17) is 17.3 Å². The van der Waals surface area contributed by atoms with E-state index in [2.05, 4.69) is 22.9 Å². The zero-order valence-corrected chi connectivity index (χ0v) is 11.9. The minimum absolute atomic E-state index is 0.0885. The van der Waals surface area contributed by atoms with Crippen LogP contribution in [0.1, 0.15) is 0 Å². The maximum atomic E-state index is 13.4. The van der Waals surface area contributed by atoms with Gasteiger partial charge in [-0.3, -0.25) is 0 Å². The van der Waals surface area contributed by atoms with Crippen LogP contribution in [0, 0.1) is 5.82 Å². The van der Waals surface area contributed by atoms with Gasteiger partial charge in [0.15, 0.2) is 0 Å². The maximum absolute atomic E-state index is 13.4. The van der Waals surface area contributed by atoms with Gasteiger partial charge >= 0.3 is 0 Å². The van der Waals surface area contributed by atoms with Gasteiger partial charge in [-0.15, -0.1) is 0 Å². The zero-order valence-electron chi connectivity index (χ0n) is 11.1. The van der Waals surface area contributed by atoms with Crippen molar-refractivity contribution in [2.75, 3.05) is 35.7 Å². The average Bonchev–Trinajstić information content (AvgIpc) is 2.44. The highest BCUT2D eigenvalue weighted by atomic mass is 35.5. The molecule has 1 aliphatic rings. The summed E-state index contributed by atoms with van der Waals surface area (Å²) in [5.41, 5.74) is 9.28. The number of nitrogens with two attached hydrogens (primary N) is 1. The predicted octanol–water partition coefficient (Wildman–Crippen LogP) is 3.65. The minimum atomic E-state index is -0.490. The fraction of sp³-hybridized carbons (Fsp3) is 0.200. The summed E-state index contributed by atoms with van der Waals surface area (Å²) in [7, 11) is 2.05. The molecule has 0 radical (unpaired) electrons. The van der Waals surface area contributed by atoms with Crippen molar-refractivity contribution < 1.29 is 4.39 Å². The molecule has 3 rings (SSSR count). The number of para-hydroxylation sites is 2. The monoisotopic (exact) mass is 291 g/mol. The van der Waals surface area contributed by atoms with Gasteiger partial charge in [0.2, 0.25) is 0 Å². The van der Waals surface area contributed by atoms with E-state index in [1.807, 2.05) is 18.2 Å². The van der Waals surface area contributed by atoms with Gasteiger partial charge in [-0.25, -0.2) is 4.39 Å². The number of rotatable bonds is 1. The lowest BCUT2D eigenvalue weighted by Crippen LogP contribution is -2.36. The molecule has 1 heterocycles. The Kier molecular flexibility index (Phi) is 3.18. The van der Waals surface area contributed by atoms with Crippen LogP contribution in [0.4, 0.5) is 27.1 Å². The molecule has 0 saturated carbocycles. The number of halogens is 2. The summed E-state index contributed by atoms with van der Waals surface area (Å²) < 4.78 is 13.4. The molecule has 0 atom stereocenters. The molecule has 2 aromatic rings. The van der Waals surface area contributed by atoms with Crippen LogP contribution in [-0.4, -0.2) is 20.1 Å². The molecule has 0 fully saturated rings. The molecule has 0 spiro atoms. The summed E-state index contributed by atoms with van der Waals surface area (Å²) in [6.07, 6.45) is 0. The molecule has 104 valence electrons. The van der Waals surface area contributed by atoms with Crippen molar-refractivity contribution >= 4 is 34.4 Å². The first-order valence-corrected chi connectivity index (χ1v) is 6.78. The van der Waals surface area contributed by atoms with Crippen molar-refractivity contribution in [2.24, 2.45) is 0 Å². The van der Waals surface area contributed by atoms with E-state index < -0.39 is 5.82 Å². The fourth-order valence-electron chi connectivity index (χ4n) is 2.54. The number of hydrogen-bond donors (Lipinski definition) is 1. The molecule has 1 aliphatic heterocycles. The van der Waals surface area contributed by atoms with Crippen molar-refractivity contribution in [2.45, 2.75) is 0 Å². The molecule has 0 aromatic heterocycles. The van der Waals surface area contributed by atoms with Crippen molar-refractivity contribution in [1.29, 1.82) is 0 Å². The van der Waals surface area contributed by atoms with E-state index in [-0.39, 0.29) is 5.02 Å². The predicted molar refractivity (Wildman–Crippen MR) is 82.5 cm³/mol. The summed E-state index contributed by atoms with van der Waals surface area (Å²) in [4.78, 5) is 4.27. The van der Waals surface area contributed by atoms with Gasteiger partial charge in [0.05, 0.1) is 27.8 Å². The fourth-order valence-corrected chi connectivity index (χ4v) is 2.70. The van der Waals surface area contributed by atoms with Gasteiger partial charge in [0.1, 0.15) is 5.82 Å². The van der Waals surface area contributed by atoms with E-state index in [1.54, 1.807) is 6.07 Å². The molecule has 0 amide bonds. The van der Waals surface area contributed by atoms with Crippen LogP contribution in [0.2, 0.25) is 5.02 Å². The maximum Gasteiger partial charge on any atom is 0.143 e. The van der Waals surface area contributed by atoms with E-state index in [1.165, 1.54) is 6.07 Å². The van der Waals surface area contributed by atoms with Crippen LogP contribution in [-0.2, 0) is 0 Å². The zero-order chi connectivity index (χ0) is 14.3. The second-order valence-corrected chi connectivity index (χ2v) is 5.29. The van der Waals surface area contributed by atoms with Crippen LogP contribution < -0.4 is 15.5 Å². The van der Waals surface area contributed by atoms with Gasteiger partial charge < -0.3 is 15.5 Å². The lowest BCUT2D eigenvalue weighted by Gasteiger charge is -2.37. The smallest absolute Gasteiger partial charge is 0.143 e. The molecule has 3 nitrogen and oxygen atoms in total. The lowest BCUT2D eigenvalue weighted by atomic mass is 10.1. The third-order valence-electron chi connectivity index (χ3n) is 3.60. The molecule has 20 heavy (non-hydrogen) atoms. The third kappa shape index (κ3) is 2.06. The van der Waals surface area contributed by atoms with Crippen molar-refractivity contribution in [3.63, 3.8) is 0 Å². The average molecular weight is 292 g/mol. The molecule has 0 unspecified atom stereocenters. The summed E-state index contributed by atoms with van der Waals surface area (Å²) >= 11 is 5.89. The number of nitrogen functional groups attached to an aromatic ring is 1. The first kappa shape index (κ1) is 13.1. The van der Waals surface area contributed by atoms with E-state index in [9.17, 15) is 4.39 Å². The molecule has 0 saturated heterocycles. The largest absolute Gasteiger partial charge is 0.397 e. The van der Waals surface area contributed by atoms with Crippen molar-refractivity contribution in [3.8, 4) is 0 Å². The van der Waals surface area contributed by atoms with Crippen LogP contribution in [0.5, 0.6) is 0 Å². The summed E-state index contributed by atoms with van der Waals surface area (Å²) in [5, 5.41) is 0.0885. The van der Waals surface area contributed by atoms with Gasteiger partial charge in [-0.05, 0) is 18.2 Å². The Hall–Kier alpha value is -1.94. The molecule has 0 bridgehead atoms. The standard InChI is InChI=1S/C15H15ClFN3/c1-19-6-7-20(14-5-3-2-4-13(14)19)15-8-10(16)11(17)9-12(15)18/h2-5,8-9H,6-7,18H2,1H3. The van der Waals surface area contributed by atoms with E-state index in [0.717, 1.165) is 30.2 Å². The first-order chi connectivity index (χ1) is 9.58. The number of nitrogens with zero attached hydrogens (tertiary/aromatic N) is 2. The topological polar surface area (TPSA) is 32.5 Å². The Morgan fingerprint density at radius 2 is 1.80 bits per heavy atom. The number of likely N-dealkylation sites (N-methyl/N-ethyl adjacent to an activating group) is 1. The number of benzene rings is 2. The highest BCUT2D eigenvalue weighted by molar-refractivity contribution is 6.31. The Balaban J connectivity index is 2.12. The second-order valence-electron chi connectivity index (χ2n) is 4.89. The van der Waals surface area contributed by atoms with Gasteiger partial charge in [0.25, 0.3) is 0 Å². The SMILES string of the molecule is CN1CCN(c2cc(Cl)c(F)cc2N)c2ccccc21. The summed E-state index contributed by atoms with van der Waals surface area (Å²) in [5.74, 6) is -0.490. The van der Waals surface area contributed by atoms with Gasteiger partial charge in [0, 0.05) is 26.2 Å². The highest BCUT2D eigenvalue weighted by Gasteiger charge is 2.23. The van der Waals surface area contributed by atoms with Crippen molar-refractivity contribution in [1.82, 2.24) is 0 Å². The van der Waals surface area contributed by atoms with Gasteiger partial charge in [-0.2, -0.15) is 0 Å². The van der Waals surface area contributed by atoms with Crippen molar-refractivity contribution in [3.05, 3.63) is 47.2 Å². The number of fused-ring (bicyclic) bond motifs is 1. The van der Waals surface area contributed by atoms with Crippen LogP contribution >= 0.6 is 11.6 Å². The molecule has 0 aliphatic carbocycles. The Bertz CT molecular complexity index is 660. The Labute approximate surface area is 122 Å². The summed E-state index contributed by atoms with van der Waals surface area (Å²) in [6, 6.07) is 10.9. The Morgan fingerprint density at radius 3 is 2.55 bits per heavy atom. The molecule has 5 heteroatoms. The van der Waals surface area contributed by atoms with Crippen LogP contribution in [0.15, 0.2) is 36.4 Å². The third-order valence-corrected chi connectivity index (χ3v) is 3.89. The number of anilines is 4. The Morgan fingerprint density at radius 1 is 1.10 bits per heavy atom. The summed E-state index contributed by atoms with van der Waals surface area (Å²) in [6.45, 7) is 1.64. The first-order valence-electron chi connectivity index (χ1n) is 6.40. The van der Waals surface area contributed by atoms with Gasteiger partial charge in [-0.1, -0.05) is 23.7 Å². The molecule has 2 aromatic carbocycles. The van der Waals surface area contributed by atoms with Crippen LogP contribution in [0.25, 0.3) is 0 Å². The van der Waals surface area contributed by atoms with E-state index >= 15 is 0 Å². The second kappa shape index (κ2) is 4.87. The minimum Gasteiger partial charge on any atom is -0.397 e.